The van der Waals surface area contributed by atoms with Crippen molar-refractivity contribution in [1.82, 2.24) is 9.88 Å². The van der Waals surface area contributed by atoms with Crippen LogP contribution in [0.1, 0.15) is 45.0 Å². The van der Waals surface area contributed by atoms with Crippen molar-refractivity contribution in [2.24, 2.45) is 12.2 Å². The maximum atomic E-state index is 12.2. The molecule has 0 aliphatic carbocycles. The van der Waals surface area contributed by atoms with Gasteiger partial charge >= 0.3 is 5.97 Å². The monoisotopic (exact) mass is 447 g/mol. The first-order valence-corrected chi connectivity index (χ1v) is 10.3. The standard InChI is InChI=1S/C25H25N3O5/c1-16-5-3-4-6-20(16)21(13-22(27-33)19-11-12-23(29)28(2)15-19)17-7-9-18(10-8-17)25(32)26-14-24(30)31/h3-12,15,21,33H,13-14H2,1-2H3,(H,26,32)(H,30,31)/b27-22+. The molecule has 0 radical (unpaired) electrons. The zero-order valence-corrected chi connectivity index (χ0v) is 18.4. The number of pyridine rings is 1. The van der Waals surface area contributed by atoms with E-state index >= 15 is 0 Å². The van der Waals surface area contributed by atoms with Gasteiger partial charge < -0.3 is 20.2 Å². The minimum absolute atomic E-state index is 0.164. The van der Waals surface area contributed by atoms with Gasteiger partial charge in [-0.25, -0.2) is 0 Å². The van der Waals surface area contributed by atoms with E-state index in [1.807, 2.05) is 43.3 Å². The number of carboxylic acids is 1. The van der Waals surface area contributed by atoms with Crippen LogP contribution in [0.3, 0.4) is 0 Å². The van der Waals surface area contributed by atoms with Gasteiger partial charge in [-0.05, 0) is 41.8 Å². The number of hydrogen-bond donors (Lipinski definition) is 3. The summed E-state index contributed by atoms with van der Waals surface area (Å²) in [5.41, 5.74) is 4.21. The second kappa shape index (κ2) is 10.4. The van der Waals surface area contributed by atoms with Gasteiger partial charge in [0.25, 0.3) is 5.91 Å². The fourth-order valence-corrected chi connectivity index (χ4v) is 3.68. The Hall–Kier alpha value is -4.20. The highest BCUT2D eigenvalue weighted by atomic mass is 16.4. The largest absolute Gasteiger partial charge is 0.480 e. The molecule has 8 nitrogen and oxygen atoms in total. The number of benzene rings is 2. The normalized spacial score (nSPS) is 12.2. The molecule has 0 aliphatic heterocycles. The Labute approximate surface area is 190 Å². The minimum Gasteiger partial charge on any atom is -0.480 e. The summed E-state index contributed by atoms with van der Waals surface area (Å²) in [6.07, 6.45) is 1.98. The Morgan fingerprint density at radius 3 is 2.30 bits per heavy atom. The molecule has 2 aromatic carbocycles. The van der Waals surface area contributed by atoms with Gasteiger partial charge in [-0.15, -0.1) is 0 Å². The summed E-state index contributed by atoms with van der Waals surface area (Å²) in [5, 5.41) is 24.4. The first-order chi connectivity index (χ1) is 15.8. The number of carbonyl (C=O) groups is 2. The zero-order chi connectivity index (χ0) is 24.0. The van der Waals surface area contributed by atoms with E-state index in [9.17, 15) is 19.6 Å². The van der Waals surface area contributed by atoms with Crippen molar-refractivity contribution in [2.75, 3.05) is 6.54 Å². The lowest BCUT2D eigenvalue weighted by Crippen LogP contribution is -2.29. The minimum atomic E-state index is -1.12. The number of amides is 1. The lowest BCUT2D eigenvalue weighted by atomic mass is 9.83. The van der Waals surface area contributed by atoms with Crippen LogP contribution in [0.25, 0.3) is 0 Å². The fourth-order valence-electron chi connectivity index (χ4n) is 3.68. The van der Waals surface area contributed by atoms with Crippen LogP contribution < -0.4 is 10.9 Å². The van der Waals surface area contributed by atoms with Crippen LogP contribution in [0.5, 0.6) is 0 Å². The number of rotatable bonds is 8. The van der Waals surface area contributed by atoms with E-state index in [2.05, 4.69) is 10.5 Å². The van der Waals surface area contributed by atoms with Crippen LogP contribution >= 0.6 is 0 Å². The summed E-state index contributed by atoms with van der Waals surface area (Å²) in [6.45, 7) is 1.54. The molecule has 0 spiro atoms. The van der Waals surface area contributed by atoms with E-state index in [1.165, 1.54) is 10.6 Å². The molecule has 1 heterocycles. The van der Waals surface area contributed by atoms with Gasteiger partial charge in [0.2, 0.25) is 5.56 Å². The summed E-state index contributed by atoms with van der Waals surface area (Å²) < 4.78 is 1.42. The molecule has 3 aromatic rings. The van der Waals surface area contributed by atoms with Gasteiger partial charge in [-0.1, -0.05) is 41.6 Å². The molecule has 0 aliphatic rings. The number of aromatic nitrogens is 1. The van der Waals surface area contributed by atoms with E-state index in [0.29, 0.717) is 23.3 Å². The molecular formula is C25H25N3O5. The number of oxime groups is 1. The molecule has 1 amide bonds. The van der Waals surface area contributed by atoms with Crippen molar-refractivity contribution in [1.29, 1.82) is 0 Å². The van der Waals surface area contributed by atoms with Crippen molar-refractivity contribution in [3.8, 4) is 0 Å². The Bertz CT molecular complexity index is 1250. The van der Waals surface area contributed by atoms with E-state index in [4.69, 9.17) is 5.11 Å². The predicted octanol–water partition coefficient (Wildman–Crippen LogP) is 2.91. The highest BCUT2D eigenvalue weighted by molar-refractivity contribution is 6.00. The number of aryl methyl sites for hydroxylation is 2. The maximum Gasteiger partial charge on any atom is 0.322 e. The topological polar surface area (TPSA) is 121 Å². The third-order valence-corrected chi connectivity index (χ3v) is 5.48. The smallest absolute Gasteiger partial charge is 0.322 e. The number of nitrogens with zero attached hydrogens (tertiary/aromatic N) is 2. The zero-order valence-electron chi connectivity index (χ0n) is 18.4. The SMILES string of the molecule is Cc1ccccc1C(C/C(=N\O)c1ccc(=O)n(C)c1)c1ccc(C(=O)NCC(=O)O)cc1. The van der Waals surface area contributed by atoms with Gasteiger partial charge in [0.05, 0.1) is 5.71 Å². The van der Waals surface area contributed by atoms with Crippen LogP contribution in [0.4, 0.5) is 0 Å². The molecule has 170 valence electrons. The van der Waals surface area contributed by atoms with Crippen LogP contribution in [-0.2, 0) is 11.8 Å². The molecule has 3 N–H and O–H groups in total. The third kappa shape index (κ3) is 5.74. The summed E-state index contributed by atoms with van der Waals surface area (Å²) in [7, 11) is 1.63. The molecule has 0 saturated heterocycles. The van der Waals surface area contributed by atoms with Crippen LogP contribution in [0.2, 0.25) is 0 Å². The van der Waals surface area contributed by atoms with Crippen molar-refractivity contribution in [3.63, 3.8) is 0 Å². The Morgan fingerprint density at radius 1 is 1.03 bits per heavy atom. The summed E-state index contributed by atoms with van der Waals surface area (Å²) in [4.78, 5) is 34.6. The quantitative estimate of drug-likeness (QED) is 0.279. The van der Waals surface area contributed by atoms with Crippen molar-refractivity contribution < 1.29 is 19.9 Å². The van der Waals surface area contributed by atoms with Crippen LogP contribution in [-0.4, -0.2) is 39.0 Å². The summed E-state index contributed by atoms with van der Waals surface area (Å²) >= 11 is 0. The highest BCUT2D eigenvalue weighted by Crippen LogP contribution is 2.32. The molecule has 1 unspecified atom stereocenters. The Kier molecular flexibility index (Phi) is 7.40. The van der Waals surface area contributed by atoms with E-state index in [1.54, 1.807) is 31.4 Å². The highest BCUT2D eigenvalue weighted by Gasteiger charge is 2.21. The molecule has 1 atom stereocenters. The molecule has 33 heavy (non-hydrogen) atoms. The maximum absolute atomic E-state index is 12.2. The lowest BCUT2D eigenvalue weighted by molar-refractivity contribution is -0.135. The first kappa shape index (κ1) is 23.5. The average molecular weight is 447 g/mol. The van der Waals surface area contributed by atoms with Crippen molar-refractivity contribution in [3.05, 3.63) is 105 Å². The third-order valence-electron chi connectivity index (χ3n) is 5.48. The Balaban J connectivity index is 1.96. The predicted molar refractivity (Wildman–Crippen MR) is 124 cm³/mol. The van der Waals surface area contributed by atoms with Crippen LogP contribution in [0.15, 0.2) is 76.8 Å². The second-order valence-corrected chi connectivity index (χ2v) is 7.73. The number of aliphatic carboxylic acids is 1. The van der Waals surface area contributed by atoms with Gasteiger partial charge in [0, 0.05) is 42.8 Å². The van der Waals surface area contributed by atoms with Crippen molar-refractivity contribution in [2.45, 2.75) is 19.3 Å². The summed E-state index contributed by atoms with van der Waals surface area (Å²) in [6, 6.07) is 17.8. The molecule has 1 aromatic heterocycles. The average Bonchev–Trinajstić information content (AvgIpc) is 2.81. The number of hydrogen-bond acceptors (Lipinski definition) is 5. The molecular weight excluding hydrogens is 422 g/mol. The van der Waals surface area contributed by atoms with Crippen LogP contribution in [0, 0.1) is 6.92 Å². The Morgan fingerprint density at radius 2 is 1.70 bits per heavy atom. The second-order valence-electron chi connectivity index (χ2n) is 7.73. The lowest BCUT2D eigenvalue weighted by Gasteiger charge is -2.21. The number of carboxylic acid groups (broad SMARTS) is 1. The molecule has 3 rings (SSSR count). The molecule has 8 heteroatoms. The molecule has 0 fully saturated rings. The van der Waals surface area contributed by atoms with E-state index in [-0.39, 0.29) is 11.5 Å². The fraction of sp³-hybridized carbons (Fsp3) is 0.200. The number of carbonyl (C=O) groups excluding carboxylic acids is 1. The van der Waals surface area contributed by atoms with Gasteiger partial charge in [-0.2, -0.15) is 0 Å². The molecule has 0 saturated carbocycles. The summed E-state index contributed by atoms with van der Waals surface area (Å²) in [5.74, 6) is -1.78. The van der Waals surface area contributed by atoms with Crippen molar-refractivity contribution >= 4 is 17.6 Å². The molecule has 0 bridgehead atoms. The van der Waals surface area contributed by atoms with Gasteiger partial charge in [0.15, 0.2) is 0 Å². The van der Waals surface area contributed by atoms with Gasteiger partial charge in [0.1, 0.15) is 6.54 Å². The van der Waals surface area contributed by atoms with E-state index in [0.717, 1.165) is 16.7 Å². The van der Waals surface area contributed by atoms with E-state index < -0.39 is 18.4 Å². The van der Waals surface area contributed by atoms with Gasteiger partial charge in [-0.3, -0.25) is 14.4 Å². The number of nitrogens with one attached hydrogen (secondary N) is 1. The first-order valence-electron chi connectivity index (χ1n) is 10.3.